The Bertz CT molecular complexity index is 2250. The monoisotopic (exact) mass is 781 g/mol. The number of ether oxygens (including phenoxy) is 2. The van der Waals surface area contributed by atoms with Crippen LogP contribution < -0.4 is 24.8 Å². The Balaban J connectivity index is 1.13. The maximum absolute atomic E-state index is 14.2. The van der Waals surface area contributed by atoms with Gasteiger partial charge in [0, 0.05) is 48.5 Å². The normalized spacial score (nSPS) is 24.1. The van der Waals surface area contributed by atoms with Gasteiger partial charge < -0.3 is 25.0 Å². The number of fused-ring (bicyclic) bond motifs is 4. The Kier molecular flexibility index (Phi) is 11.3. The second kappa shape index (κ2) is 16.3. The van der Waals surface area contributed by atoms with Crippen molar-refractivity contribution in [2.24, 2.45) is 5.92 Å². The Morgan fingerprint density at radius 1 is 0.911 bits per heavy atom. The first-order chi connectivity index (χ1) is 27.0. The van der Waals surface area contributed by atoms with Gasteiger partial charge in [0.25, 0.3) is 21.8 Å². The van der Waals surface area contributed by atoms with Crippen molar-refractivity contribution in [2.45, 2.75) is 87.3 Å². The van der Waals surface area contributed by atoms with Crippen LogP contribution in [-0.2, 0) is 24.4 Å². The number of likely N-dealkylation sites (tertiary alicyclic amines) is 1. The number of amides is 4. The molecule has 0 unspecified atom stereocenters. The average Bonchev–Trinajstić information content (AvgIpc) is 3.72. The third kappa shape index (κ3) is 8.35. The molecule has 3 aromatic carbocycles. The van der Waals surface area contributed by atoms with Gasteiger partial charge >= 0.3 is 0 Å². The molecule has 3 heterocycles. The predicted octanol–water partition coefficient (Wildman–Crippen LogP) is 5.13. The zero-order chi connectivity index (χ0) is 39.5. The van der Waals surface area contributed by atoms with Crippen LogP contribution in [0.5, 0.6) is 11.5 Å². The summed E-state index contributed by atoms with van der Waals surface area (Å²) >= 11 is 0. The van der Waals surface area contributed by atoms with Gasteiger partial charge in [0.05, 0.1) is 29.8 Å². The van der Waals surface area contributed by atoms with Gasteiger partial charge in [-0.1, -0.05) is 68.5 Å². The van der Waals surface area contributed by atoms with E-state index in [9.17, 15) is 27.6 Å². The van der Waals surface area contributed by atoms with E-state index >= 15 is 0 Å². The van der Waals surface area contributed by atoms with E-state index in [-0.39, 0.29) is 41.7 Å². The predicted molar refractivity (Wildman–Crippen MR) is 209 cm³/mol. The third-order valence-corrected chi connectivity index (χ3v) is 12.4. The number of pyridine rings is 1. The van der Waals surface area contributed by atoms with E-state index in [0.717, 1.165) is 49.5 Å². The van der Waals surface area contributed by atoms with Crippen LogP contribution in [0.25, 0.3) is 22.2 Å². The van der Waals surface area contributed by atoms with Crippen molar-refractivity contribution >= 4 is 44.6 Å². The number of hydrogen-bond donors (Lipinski definition) is 3. The molecule has 4 atom stereocenters. The van der Waals surface area contributed by atoms with Crippen LogP contribution in [0.2, 0.25) is 0 Å². The van der Waals surface area contributed by atoms with E-state index in [0.29, 0.717) is 35.7 Å². The lowest BCUT2D eigenvalue weighted by Crippen LogP contribution is -2.56. The Hall–Kier alpha value is -5.50. The summed E-state index contributed by atoms with van der Waals surface area (Å²) in [7, 11) is -2.83. The molecule has 0 radical (unpaired) electrons. The highest BCUT2D eigenvalue weighted by atomic mass is 32.2. The van der Waals surface area contributed by atoms with Crippen molar-refractivity contribution in [1.29, 1.82) is 0 Å². The molecule has 294 valence electrons. The number of rotatable bonds is 6. The van der Waals surface area contributed by atoms with Gasteiger partial charge in [-0.3, -0.25) is 19.2 Å². The van der Waals surface area contributed by atoms with Crippen LogP contribution in [0.3, 0.4) is 0 Å². The summed E-state index contributed by atoms with van der Waals surface area (Å²) in [6.07, 6.45) is 5.89. The van der Waals surface area contributed by atoms with Gasteiger partial charge in [0.15, 0.2) is 0 Å². The molecule has 2 fully saturated rings. The summed E-state index contributed by atoms with van der Waals surface area (Å²) in [5.41, 5.74) is 0.881. The van der Waals surface area contributed by atoms with Crippen LogP contribution in [0.4, 0.5) is 0 Å². The van der Waals surface area contributed by atoms with E-state index in [1.54, 1.807) is 7.11 Å². The zero-order valence-electron chi connectivity index (χ0n) is 31.6. The molecule has 4 amide bonds. The Morgan fingerprint density at radius 3 is 2.43 bits per heavy atom. The maximum Gasteiger partial charge on any atom is 0.264 e. The molecular weight excluding hydrogens is 735 g/mol. The lowest BCUT2D eigenvalue weighted by atomic mass is 10.0. The van der Waals surface area contributed by atoms with Crippen molar-refractivity contribution in [3.8, 4) is 22.8 Å². The summed E-state index contributed by atoms with van der Waals surface area (Å²) in [6.45, 7) is 1.99. The van der Waals surface area contributed by atoms with Crippen molar-refractivity contribution in [2.75, 3.05) is 20.2 Å². The smallest absolute Gasteiger partial charge is 0.264 e. The first-order valence-electron chi connectivity index (χ1n) is 19.2. The van der Waals surface area contributed by atoms with Crippen molar-refractivity contribution in [3.05, 3.63) is 84.4 Å². The van der Waals surface area contributed by atoms with Crippen LogP contribution in [0, 0.1) is 5.92 Å². The summed E-state index contributed by atoms with van der Waals surface area (Å²) in [4.78, 5) is 60.1. The highest BCUT2D eigenvalue weighted by Crippen LogP contribution is 2.48. The average molecular weight is 782 g/mol. The number of hydrogen-bond acceptors (Lipinski definition) is 9. The molecule has 4 aromatic rings. The molecule has 3 N–H and O–H groups in total. The minimum atomic E-state index is -4.41. The molecule has 2 aliphatic heterocycles. The van der Waals surface area contributed by atoms with Gasteiger partial charge in [-0.05, 0) is 55.5 Å². The summed E-state index contributed by atoms with van der Waals surface area (Å²) < 4.78 is 41.4. The molecule has 0 spiro atoms. The fourth-order valence-corrected chi connectivity index (χ4v) is 8.97. The van der Waals surface area contributed by atoms with Crippen molar-refractivity contribution < 1.29 is 37.1 Å². The minimum Gasteiger partial charge on any atom is -0.497 e. The first kappa shape index (κ1) is 38.8. The van der Waals surface area contributed by atoms with Gasteiger partial charge in [0.1, 0.15) is 29.2 Å². The number of aromatic nitrogens is 1. The number of methoxy groups -OCH3 is 1. The standard InChI is InChI=1S/C42H47N5O8S/c1-27(48)47-26-32(55-38-24-35(28-13-8-7-9-14-28)44-36-22-31(54-2)18-19-34(36)38)23-37(47)40(50)45-42-25-30(42)16-10-5-3-4-6-11-20-43-39(49)29-15-12-17-33(21-29)56(52,53)46-41(42)51/h7-9,12-15,17-19,21-22,24,30,32,37H,3-6,10-11,16,20,23,25-26H2,1-2H3,(H,43,49)(H,45,50)(H,46,51)/t30-,32+,37-,42+/m0/s1. The van der Waals surface area contributed by atoms with Crippen molar-refractivity contribution in [1.82, 2.24) is 25.2 Å². The lowest BCUT2D eigenvalue weighted by Gasteiger charge is -2.26. The molecule has 2 bridgehead atoms. The van der Waals surface area contributed by atoms with E-state index in [2.05, 4.69) is 15.4 Å². The summed E-state index contributed by atoms with van der Waals surface area (Å²) in [5.74, 6) is -1.28. The topological polar surface area (TPSA) is 173 Å². The number of benzene rings is 3. The second-order valence-corrected chi connectivity index (χ2v) is 16.6. The fraction of sp³-hybridized carbons (Fsp3) is 0.405. The summed E-state index contributed by atoms with van der Waals surface area (Å²) in [6, 6.07) is 21.5. The molecule has 1 aromatic heterocycles. The zero-order valence-corrected chi connectivity index (χ0v) is 32.4. The molecule has 56 heavy (non-hydrogen) atoms. The highest BCUT2D eigenvalue weighted by Gasteiger charge is 2.62. The van der Waals surface area contributed by atoms with Crippen molar-refractivity contribution in [3.63, 3.8) is 0 Å². The van der Waals surface area contributed by atoms with E-state index in [1.807, 2.05) is 54.6 Å². The van der Waals surface area contributed by atoms with Gasteiger partial charge in [-0.2, -0.15) is 0 Å². The molecule has 1 aliphatic carbocycles. The van der Waals surface area contributed by atoms with Crippen LogP contribution in [0.15, 0.2) is 83.8 Å². The molecule has 1 saturated heterocycles. The fourth-order valence-electron chi connectivity index (χ4n) is 7.89. The molecule has 7 rings (SSSR count). The molecule has 3 aliphatic rings. The van der Waals surface area contributed by atoms with E-state index < -0.39 is 45.4 Å². The lowest BCUT2D eigenvalue weighted by molar-refractivity contribution is -0.138. The minimum absolute atomic E-state index is 0.120. The third-order valence-electron chi connectivity index (χ3n) is 11.1. The number of sulfonamides is 1. The first-order valence-corrected chi connectivity index (χ1v) is 20.7. The maximum atomic E-state index is 14.2. The van der Waals surface area contributed by atoms with Crippen LogP contribution >= 0.6 is 0 Å². The van der Waals surface area contributed by atoms with Gasteiger partial charge in [0.2, 0.25) is 11.8 Å². The number of carbonyl (C=O) groups excluding carboxylic acids is 4. The van der Waals surface area contributed by atoms with E-state index in [1.165, 1.54) is 36.1 Å². The summed E-state index contributed by atoms with van der Waals surface area (Å²) in [5, 5.41) is 6.49. The van der Waals surface area contributed by atoms with Crippen LogP contribution in [-0.4, -0.2) is 79.8 Å². The largest absolute Gasteiger partial charge is 0.497 e. The molecule has 13 nitrogen and oxygen atoms in total. The number of nitrogens with zero attached hydrogens (tertiary/aromatic N) is 2. The Morgan fingerprint density at radius 2 is 1.66 bits per heavy atom. The quantitative estimate of drug-likeness (QED) is 0.240. The van der Waals surface area contributed by atoms with E-state index in [4.69, 9.17) is 14.5 Å². The molecule has 1 saturated carbocycles. The van der Waals surface area contributed by atoms with Crippen LogP contribution in [0.1, 0.15) is 75.1 Å². The van der Waals surface area contributed by atoms with Gasteiger partial charge in [-0.25, -0.2) is 18.1 Å². The molecule has 14 heteroatoms. The SMILES string of the molecule is COc1ccc2c(O[C@@H]3C[C@@H](C(=O)N[C@]45C[C@@H]4CCCCCCCCNC(=O)c4cccc(c4)S(=O)(=O)NC5=O)N(C(C)=O)C3)cc(-c3ccccc3)nc2c1. The highest BCUT2D eigenvalue weighted by molar-refractivity contribution is 7.90. The Labute approximate surface area is 326 Å². The number of nitrogens with one attached hydrogen (secondary N) is 3. The molecular formula is C42H47N5O8S. The number of carbonyl (C=O) groups is 4. The van der Waals surface area contributed by atoms with Gasteiger partial charge in [-0.15, -0.1) is 0 Å². The second-order valence-electron chi connectivity index (χ2n) is 14.9.